The van der Waals surface area contributed by atoms with Crippen molar-refractivity contribution in [2.75, 3.05) is 33.2 Å². The Bertz CT molecular complexity index is 2360. The highest BCUT2D eigenvalue weighted by atomic mass is 16.5. The molecule has 61 heavy (non-hydrogen) atoms. The zero-order chi connectivity index (χ0) is 43.1. The van der Waals surface area contributed by atoms with E-state index in [9.17, 15) is 15.0 Å². The third-order valence-electron chi connectivity index (χ3n) is 13.1. The number of carbonyl (C=O) groups excluding carboxylic acids is 2. The Balaban J connectivity index is 1.32. The van der Waals surface area contributed by atoms with Crippen LogP contribution in [-0.2, 0) is 13.0 Å². The molecule has 9 heteroatoms. The molecule has 318 valence electrons. The van der Waals surface area contributed by atoms with Crippen LogP contribution in [0.1, 0.15) is 90.9 Å². The first-order valence-corrected chi connectivity index (χ1v) is 21.2. The van der Waals surface area contributed by atoms with Gasteiger partial charge >= 0.3 is 6.03 Å². The van der Waals surface area contributed by atoms with Crippen molar-refractivity contribution in [2.24, 2.45) is 5.41 Å². The number of hydrogen-bond acceptors (Lipinski definition) is 7. The summed E-state index contributed by atoms with van der Waals surface area (Å²) in [5.74, 6) is 1.52. The normalized spacial score (nSPS) is 21.4. The summed E-state index contributed by atoms with van der Waals surface area (Å²) in [6.45, 7) is 4.40. The first-order valence-electron chi connectivity index (χ1n) is 21.2. The third-order valence-corrected chi connectivity index (χ3v) is 13.1. The van der Waals surface area contributed by atoms with Crippen LogP contribution in [0.5, 0.6) is 17.2 Å². The summed E-state index contributed by atoms with van der Waals surface area (Å²) >= 11 is 0. The summed E-state index contributed by atoms with van der Waals surface area (Å²) in [6.07, 6.45) is 5.70. The Morgan fingerprint density at radius 2 is 1.52 bits per heavy atom. The van der Waals surface area contributed by atoms with Gasteiger partial charge < -0.3 is 34.6 Å². The molecule has 9 nitrogen and oxygen atoms in total. The molecule has 8 rings (SSSR count). The van der Waals surface area contributed by atoms with E-state index >= 15 is 4.79 Å². The largest absolute Gasteiger partial charge is 0.497 e. The molecular formula is C52H58N2O7. The zero-order valence-electron chi connectivity index (χ0n) is 35.9. The van der Waals surface area contributed by atoms with Gasteiger partial charge in [-0.05, 0) is 123 Å². The lowest BCUT2D eigenvalue weighted by molar-refractivity contribution is -0.0773. The molecule has 4 atom stereocenters. The van der Waals surface area contributed by atoms with E-state index in [1.54, 1.807) is 56.6 Å². The van der Waals surface area contributed by atoms with Gasteiger partial charge in [0.2, 0.25) is 0 Å². The fraction of sp³-hybridized carbons (Fsp3) is 0.346. The fourth-order valence-electron chi connectivity index (χ4n) is 9.47. The number of nitrogens with one attached hydrogen (secondary N) is 1. The maximum atomic E-state index is 15.1. The SMILES string of the molecule is COc1ccc(NC(=O)N(Cc2ccc(OC)cc2OC)C[C@]2(O)CC[C@H]3c4ccc(cc4C(=O)c4ccccc4-c4ccccc4)C[C@@H](O)CCC(C)=CCC[C@@]32C)cc1. The molecule has 1 fully saturated rings. The highest BCUT2D eigenvalue weighted by Crippen LogP contribution is 2.59. The zero-order valence-corrected chi connectivity index (χ0v) is 35.9. The van der Waals surface area contributed by atoms with Gasteiger partial charge in [-0.25, -0.2) is 4.79 Å². The van der Waals surface area contributed by atoms with E-state index in [1.165, 1.54) is 5.57 Å². The smallest absolute Gasteiger partial charge is 0.322 e. The molecule has 3 aliphatic carbocycles. The minimum absolute atomic E-state index is 0.0181. The second kappa shape index (κ2) is 18.8. The van der Waals surface area contributed by atoms with Crippen molar-refractivity contribution in [3.8, 4) is 28.4 Å². The molecule has 0 spiro atoms. The average molecular weight is 823 g/mol. The average Bonchev–Trinajstić information content (AvgIpc) is 3.53. The van der Waals surface area contributed by atoms with E-state index in [2.05, 4.69) is 31.3 Å². The number of nitrogens with zero attached hydrogens (tertiary/aromatic N) is 1. The maximum absolute atomic E-state index is 15.1. The molecule has 0 radical (unpaired) electrons. The molecule has 5 aromatic rings. The number of carbonyl (C=O) groups is 2. The van der Waals surface area contributed by atoms with E-state index in [4.69, 9.17) is 14.2 Å². The highest BCUT2D eigenvalue weighted by molar-refractivity contribution is 6.14. The van der Waals surface area contributed by atoms with E-state index < -0.39 is 17.1 Å². The Kier molecular flexibility index (Phi) is 13.3. The molecule has 2 bridgehead atoms. The lowest BCUT2D eigenvalue weighted by Gasteiger charge is -2.46. The van der Waals surface area contributed by atoms with Crippen LogP contribution in [0.2, 0.25) is 0 Å². The van der Waals surface area contributed by atoms with Crippen molar-refractivity contribution in [3.63, 3.8) is 0 Å². The van der Waals surface area contributed by atoms with Crippen molar-refractivity contribution in [3.05, 3.63) is 155 Å². The maximum Gasteiger partial charge on any atom is 0.322 e. The van der Waals surface area contributed by atoms with Crippen LogP contribution < -0.4 is 19.5 Å². The Hall–Kier alpha value is -5.90. The summed E-state index contributed by atoms with van der Waals surface area (Å²) in [5.41, 5.74) is 5.10. The van der Waals surface area contributed by atoms with E-state index in [0.717, 1.165) is 34.2 Å². The summed E-state index contributed by atoms with van der Waals surface area (Å²) < 4.78 is 16.6. The molecule has 1 saturated carbocycles. The quantitative estimate of drug-likeness (QED) is 0.0897. The standard InChI is InChI=1S/C52H58N2O7/c1-35-12-11-28-51(2)47(44-26-18-36(30-40(55)22-17-35)31-46(44)49(56)45-16-10-9-15-43(45)37-13-7-6-8-14-37)27-29-52(51,58)34-54(33-38-19-23-42(60-4)32-48(38)61-5)50(57)53-39-20-24-41(59-3)25-21-39/h6-10,12-16,18-21,23-26,31-32,40,47,55,58H,11,17,22,27-30,33-34H2,1-5H3,(H,53,57)/t40-,47-,51-,52+/m0/s1. The lowest BCUT2D eigenvalue weighted by Crippen LogP contribution is -2.54. The molecule has 0 aromatic heterocycles. The molecule has 0 heterocycles. The number of allylic oxidation sites excluding steroid dienone is 2. The molecule has 0 saturated heterocycles. The molecular weight excluding hydrogens is 765 g/mol. The van der Waals surface area contributed by atoms with Crippen LogP contribution in [0.15, 0.2) is 127 Å². The summed E-state index contributed by atoms with van der Waals surface area (Å²) in [7, 11) is 4.78. The van der Waals surface area contributed by atoms with Crippen LogP contribution in [-0.4, -0.2) is 66.5 Å². The monoisotopic (exact) mass is 822 g/mol. The Morgan fingerprint density at radius 3 is 2.26 bits per heavy atom. The number of ether oxygens (including phenoxy) is 3. The molecule has 2 amide bonds. The predicted octanol–water partition coefficient (Wildman–Crippen LogP) is 10.4. The second-order valence-corrected chi connectivity index (χ2v) is 16.9. The first-order chi connectivity index (χ1) is 29.4. The minimum atomic E-state index is -1.37. The Morgan fingerprint density at radius 1 is 0.803 bits per heavy atom. The number of rotatable bonds is 11. The number of urea groups is 1. The number of fused-ring (bicyclic) bond motifs is 8. The molecule has 5 aromatic carbocycles. The van der Waals surface area contributed by atoms with Gasteiger partial charge in [-0.15, -0.1) is 0 Å². The van der Waals surface area contributed by atoms with E-state index in [-0.39, 0.29) is 30.8 Å². The number of anilines is 1. The number of ketones is 1. The number of amides is 2. The summed E-state index contributed by atoms with van der Waals surface area (Å²) in [4.78, 5) is 31.3. The van der Waals surface area contributed by atoms with Crippen molar-refractivity contribution in [1.82, 2.24) is 4.90 Å². The number of methoxy groups -OCH3 is 3. The van der Waals surface area contributed by atoms with Gasteiger partial charge in [0.25, 0.3) is 0 Å². The van der Waals surface area contributed by atoms with Crippen LogP contribution in [0.4, 0.5) is 10.5 Å². The van der Waals surface area contributed by atoms with Gasteiger partial charge in [0.1, 0.15) is 17.2 Å². The topological polar surface area (TPSA) is 118 Å². The molecule has 3 N–H and O–H groups in total. The fourth-order valence-corrected chi connectivity index (χ4v) is 9.47. The van der Waals surface area contributed by atoms with Gasteiger partial charge in [0.15, 0.2) is 5.78 Å². The number of benzene rings is 5. The predicted molar refractivity (Wildman–Crippen MR) is 241 cm³/mol. The molecule has 0 unspecified atom stereocenters. The minimum Gasteiger partial charge on any atom is -0.497 e. The van der Waals surface area contributed by atoms with Crippen LogP contribution in [0.25, 0.3) is 11.1 Å². The van der Waals surface area contributed by atoms with Crippen molar-refractivity contribution in [1.29, 1.82) is 0 Å². The van der Waals surface area contributed by atoms with Gasteiger partial charge in [-0.2, -0.15) is 0 Å². The van der Waals surface area contributed by atoms with Crippen LogP contribution in [0, 0.1) is 5.41 Å². The molecule has 3 aliphatic rings. The van der Waals surface area contributed by atoms with E-state index in [0.29, 0.717) is 72.6 Å². The summed E-state index contributed by atoms with van der Waals surface area (Å²) in [6, 6.07) is 36.0. The lowest BCUT2D eigenvalue weighted by atomic mass is 9.64. The van der Waals surface area contributed by atoms with Crippen LogP contribution in [0.3, 0.4) is 0 Å². The third kappa shape index (κ3) is 9.38. The van der Waals surface area contributed by atoms with Crippen molar-refractivity contribution >= 4 is 17.5 Å². The first kappa shape index (κ1) is 43.2. The number of hydrogen-bond donors (Lipinski definition) is 3. The number of aliphatic hydroxyl groups is 2. The highest BCUT2D eigenvalue weighted by Gasteiger charge is 2.57. The molecule has 0 aliphatic heterocycles. The van der Waals surface area contributed by atoms with E-state index in [1.807, 2.05) is 78.9 Å². The Labute approximate surface area is 360 Å². The number of aliphatic hydroxyl groups excluding tert-OH is 1. The second-order valence-electron chi connectivity index (χ2n) is 16.9. The van der Waals surface area contributed by atoms with Crippen LogP contribution >= 0.6 is 0 Å². The van der Waals surface area contributed by atoms with Gasteiger partial charge in [-0.3, -0.25) is 4.79 Å². The van der Waals surface area contributed by atoms with Gasteiger partial charge in [-0.1, -0.05) is 85.3 Å². The van der Waals surface area contributed by atoms with Gasteiger partial charge in [0, 0.05) is 33.9 Å². The van der Waals surface area contributed by atoms with Crippen molar-refractivity contribution < 1.29 is 34.0 Å². The van der Waals surface area contributed by atoms with Gasteiger partial charge in [0.05, 0.1) is 46.1 Å². The van der Waals surface area contributed by atoms with Crippen molar-refractivity contribution in [2.45, 2.75) is 83.0 Å². The summed E-state index contributed by atoms with van der Waals surface area (Å²) in [5, 5.41) is 27.6.